The number of nitrogens with two attached hydrogens (primary N) is 1. The highest BCUT2D eigenvalue weighted by molar-refractivity contribution is 7.47. The minimum absolute atomic E-state index is 0.0495. The summed E-state index contributed by atoms with van der Waals surface area (Å²) in [7, 11) is -5.67. The van der Waals surface area contributed by atoms with E-state index in [9.17, 15) is 135 Å². The van der Waals surface area contributed by atoms with E-state index in [2.05, 4.69) is 36.1 Å². The molecule has 6 heterocycles. The number of ether oxygens (including phenoxy) is 10. The number of phosphoric acid groups is 1. The summed E-state index contributed by atoms with van der Waals surface area (Å²) in [6.07, 6.45) is -48.5. The fourth-order valence-electron chi connectivity index (χ4n) is 11.4. The van der Waals surface area contributed by atoms with Gasteiger partial charge in [0.2, 0.25) is 24.1 Å². The Labute approximate surface area is 584 Å². The summed E-state index contributed by atoms with van der Waals surface area (Å²) in [5, 5.41) is 192. The molecule has 5 aliphatic heterocycles. The van der Waals surface area contributed by atoms with E-state index in [1.54, 1.807) is 0 Å². The van der Waals surface area contributed by atoms with Crippen LogP contribution in [0.5, 0.6) is 0 Å². The SMILES string of the molecule is CC(=O)NC1[C@@H](O[C@@H]2C(C(=O)O)O[C@@H](O[C@@H]3C(CO)O[C@H](O[C@@H]4C(C(=O)O)O[C@@H](OCCNC(=O)c5ccc(CNCC(=O)N[C@@H]6[C@H](O)C[C@@](OP(=O)(O)OCC(O)O[C@H](O)n7ccc(N)nc7=O)(C(=O)O)O[C@@H]6C[C@H](O)CO)cc5)[C@@H](O)C4O)C(NC(C)=O)[C@H]3O)[C@@H](O)C2O)OC(CO)[C@@H](O)[C@@H]1O. The third kappa shape index (κ3) is 21.3. The smallest absolute Gasteiger partial charge is 0.475 e. The fourth-order valence-corrected chi connectivity index (χ4v) is 12.3. The molecule has 5 aliphatic rings. The Balaban J connectivity index is 0.882. The van der Waals surface area contributed by atoms with Crippen LogP contribution in [0.1, 0.15) is 49.0 Å². The lowest BCUT2D eigenvalue weighted by Crippen LogP contribution is -2.70. The van der Waals surface area contributed by atoms with Crippen molar-refractivity contribution in [3.63, 3.8) is 0 Å². The number of nitrogen functional groups attached to an aromatic ring is 1. The van der Waals surface area contributed by atoms with Crippen LogP contribution in [0, 0.1) is 0 Å². The van der Waals surface area contributed by atoms with Gasteiger partial charge in [0.05, 0.1) is 57.3 Å². The molecule has 7 rings (SSSR count). The molecule has 0 aliphatic carbocycles. The molecule has 25 N–H and O–H groups in total. The molecule has 28 atom stereocenters. The predicted molar refractivity (Wildman–Crippen MR) is 326 cm³/mol. The van der Waals surface area contributed by atoms with Crippen LogP contribution in [0.4, 0.5) is 5.82 Å². The van der Waals surface area contributed by atoms with Crippen molar-refractivity contribution in [1.29, 1.82) is 0 Å². The van der Waals surface area contributed by atoms with Crippen molar-refractivity contribution in [3.05, 3.63) is 58.1 Å². The Hall–Kier alpha value is -6.70. The van der Waals surface area contributed by atoms with Gasteiger partial charge in [-0.25, -0.2) is 32.8 Å². The number of rotatable bonds is 34. The number of amides is 4. The van der Waals surface area contributed by atoms with Crippen LogP contribution in [0.3, 0.4) is 0 Å². The second-order valence-electron chi connectivity index (χ2n) is 24.1. The van der Waals surface area contributed by atoms with Crippen LogP contribution < -0.4 is 38.0 Å². The lowest BCUT2D eigenvalue weighted by atomic mass is 9.90. The second kappa shape index (κ2) is 37.2. The van der Waals surface area contributed by atoms with Gasteiger partial charge < -0.3 is 171 Å². The summed E-state index contributed by atoms with van der Waals surface area (Å²) < 4.78 is 78.0. The van der Waals surface area contributed by atoms with Gasteiger partial charge in [-0.15, -0.1) is 0 Å². The summed E-state index contributed by atoms with van der Waals surface area (Å²) in [5.41, 5.74) is 4.80. The number of phosphoric ester groups is 1. The molecule has 2 aromatic rings. The maximum absolute atomic E-state index is 13.2. The number of aliphatic carboxylic acids is 3. The van der Waals surface area contributed by atoms with E-state index in [4.69, 9.17) is 57.6 Å². The molecular formula is C56H83N8O39P. The molecular weight excluding hydrogens is 1440 g/mol. The quantitative estimate of drug-likeness (QED) is 0.0176. The number of nitrogens with zero attached hydrogens (tertiary/aromatic N) is 2. The molecule has 47 nitrogen and oxygen atoms in total. The minimum Gasteiger partial charge on any atom is -0.479 e. The predicted octanol–water partition coefficient (Wildman–Crippen LogP) is -12.8. The average Bonchev–Trinajstić information content (AvgIpc) is 0.771. The maximum Gasteiger partial charge on any atom is 0.475 e. The van der Waals surface area contributed by atoms with Gasteiger partial charge in [-0.3, -0.25) is 23.7 Å². The molecule has 1 aromatic carbocycles. The molecule has 1 aromatic heterocycles. The number of aliphatic hydroxyl groups excluding tert-OH is 14. The Morgan fingerprint density at radius 1 is 0.692 bits per heavy atom. The van der Waals surface area contributed by atoms with E-state index in [-0.39, 0.29) is 24.5 Å². The zero-order valence-corrected chi connectivity index (χ0v) is 55.5. The van der Waals surface area contributed by atoms with Gasteiger partial charge in [-0.1, -0.05) is 12.1 Å². The first-order valence-electron chi connectivity index (χ1n) is 31.4. The van der Waals surface area contributed by atoms with Crippen LogP contribution in [-0.2, 0) is 96.3 Å². The van der Waals surface area contributed by atoms with Crippen LogP contribution in [0.25, 0.3) is 0 Å². The van der Waals surface area contributed by atoms with E-state index < -0.39 is 273 Å². The van der Waals surface area contributed by atoms with Gasteiger partial charge in [-0.2, -0.15) is 4.98 Å². The van der Waals surface area contributed by atoms with E-state index in [1.807, 2.05) is 0 Å². The Morgan fingerprint density at radius 3 is 1.80 bits per heavy atom. The van der Waals surface area contributed by atoms with Crippen LogP contribution >= 0.6 is 7.82 Å². The van der Waals surface area contributed by atoms with Crippen molar-refractivity contribution < 1.29 is 186 Å². The Morgan fingerprint density at radius 2 is 1.25 bits per heavy atom. The summed E-state index contributed by atoms with van der Waals surface area (Å²) >= 11 is 0. The van der Waals surface area contributed by atoms with Gasteiger partial charge in [0, 0.05) is 51.5 Å². The van der Waals surface area contributed by atoms with Gasteiger partial charge in [-0.05, 0) is 23.8 Å². The summed E-state index contributed by atoms with van der Waals surface area (Å²) in [4.78, 5) is 115. The topological polar surface area (TPSA) is 733 Å². The zero-order valence-electron chi connectivity index (χ0n) is 54.6. The number of aliphatic hydroxyl groups is 14. The van der Waals surface area contributed by atoms with Crippen LogP contribution in [0.2, 0.25) is 0 Å². The van der Waals surface area contributed by atoms with E-state index in [1.165, 1.54) is 24.3 Å². The molecule has 4 amide bonds. The van der Waals surface area contributed by atoms with Crippen LogP contribution in [-0.4, -0.2) is 348 Å². The fraction of sp³-hybridized carbons (Fsp3) is 0.696. The second-order valence-corrected chi connectivity index (χ2v) is 25.4. The Kier molecular flexibility index (Phi) is 30.3. The number of anilines is 1. The number of carboxylic acids is 3. The highest BCUT2D eigenvalue weighted by atomic mass is 31.2. The highest BCUT2D eigenvalue weighted by Crippen LogP contribution is 2.51. The molecule has 5 saturated heterocycles. The minimum atomic E-state index is -5.67. The first-order chi connectivity index (χ1) is 48.9. The highest BCUT2D eigenvalue weighted by Gasteiger charge is 2.60. The van der Waals surface area contributed by atoms with E-state index in [0.29, 0.717) is 10.1 Å². The molecule has 5 fully saturated rings. The van der Waals surface area contributed by atoms with Gasteiger partial charge >= 0.3 is 31.4 Å². The standard InChI is InChI=1S/C56H83N8O39P/c1-19(68)60-32-35(75)34(74)26(16-66)94-49(32)98-43-38(78)40(80)52(101-45(43)48(84)85)97-41-27(17-67)95-50(33(36(41)76)61-20(2)69)99-42-37(77)39(79)51(100-44(42)47(82)83)92-10-8-59-46(81)22-5-3-21(4-6-22)13-58-14-29(72)63-31-24(71)12-56(53(86)87,102-25(31)11-23(70)15-65)103-104(90,91)93-18-30(73)96-55(89)64-9-7-28(57)62-54(64)88/h3-7,9,23-27,30-45,49-52,55,58,65-67,70-71,73-80,89H,8,10-18H2,1-2H3,(H,59,81)(H,60,68)(H,61,69)(H,63,72)(H,82,83)(H,84,85)(H,86,87)(H,90,91)(H2,57,62,88)/t23-,24+,25+,26?,27?,30?,31+,32?,33?,34+,35+,36+,37?,38?,39-,40-,41+,42-,43-,44?,45?,49+,50+,51+,52+,55-,56+/m0/s1. The number of hydrogen-bond donors (Lipinski definition) is 24. The largest absolute Gasteiger partial charge is 0.479 e. The number of carbonyl (C=O) groups is 7. The van der Waals surface area contributed by atoms with Gasteiger partial charge in [0.15, 0.2) is 43.7 Å². The number of carbonyl (C=O) groups excluding carboxylic acids is 4. The molecule has 0 spiro atoms. The van der Waals surface area contributed by atoms with Crippen molar-refractivity contribution in [2.45, 2.75) is 199 Å². The first kappa shape index (κ1) is 84.6. The number of hydrogen-bond acceptors (Lipinski definition) is 38. The number of carboxylic acid groups (broad SMARTS) is 3. The van der Waals surface area contributed by atoms with E-state index in [0.717, 1.165) is 26.1 Å². The van der Waals surface area contributed by atoms with Crippen LogP contribution in [0.15, 0.2) is 41.3 Å². The average molecular weight is 1520 g/mol. The van der Waals surface area contributed by atoms with Crippen molar-refractivity contribution >= 4 is 55.2 Å². The summed E-state index contributed by atoms with van der Waals surface area (Å²) in [6.45, 7) is -3.82. The molecule has 0 radical (unpaired) electrons. The molecule has 586 valence electrons. The molecule has 104 heavy (non-hydrogen) atoms. The number of aromatic nitrogens is 2. The van der Waals surface area contributed by atoms with Crippen molar-refractivity contribution in [1.82, 2.24) is 36.1 Å². The summed E-state index contributed by atoms with van der Waals surface area (Å²) in [5.74, 6) is -12.6. The number of nitrogens with one attached hydrogen (secondary N) is 5. The van der Waals surface area contributed by atoms with E-state index >= 15 is 0 Å². The van der Waals surface area contributed by atoms with Gasteiger partial charge in [0.1, 0.15) is 97.8 Å². The summed E-state index contributed by atoms with van der Waals surface area (Å²) in [6, 6.07) is 1.60. The molecule has 48 heteroatoms. The third-order valence-electron chi connectivity index (χ3n) is 16.4. The first-order valence-corrected chi connectivity index (χ1v) is 32.9. The molecule has 0 saturated carbocycles. The Bertz CT molecular complexity index is 3350. The maximum atomic E-state index is 13.2. The van der Waals surface area contributed by atoms with Crippen molar-refractivity contribution in [3.8, 4) is 0 Å². The molecule has 10 unspecified atom stereocenters. The lowest BCUT2D eigenvalue weighted by Gasteiger charge is -2.49. The van der Waals surface area contributed by atoms with Crippen molar-refractivity contribution in [2.24, 2.45) is 0 Å². The molecule has 0 bridgehead atoms. The van der Waals surface area contributed by atoms with Crippen molar-refractivity contribution in [2.75, 3.05) is 51.9 Å². The monoisotopic (exact) mass is 1520 g/mol. The third-order valence-corrected chi connectivity index (χ3v) is 17.4. The lowest BCUT2D eigenvalue weighted by molar-refractivity contribution is -0.371. The zero-order chi connectivity index (χ0) is 77.0. The normalized spacial score (nSPS) is 35.2. The number of benzene rings is 1. The van der Waals surface area contributed by atoms with Gasteiger partial charge in [0.25, 0.3) is 11.7 Å².